The molecule has 1 aromatic rings. The number of anilines is 1. The second kappa shape index (κ2) is 9.59. The standard InChI is InChI=1S/C17H24FN3O2.ClH/c1-3-10-21(14-6-8-19-9-7-14)17(23)15-11-13(20-12(2)22)4-5-16(15)18;/h4-5,11,14,19H,3,6-10H2,1-2H3,(H,20,22);1H. The number of hydrogen-bond donors (Lipinski definition) is 2. The first-order valence-electron chi connectivity index (χ1n) is 8.11. The molecule has 1 heterocycles. The molecule has 2 rings (SSSR count). The molecule has 0 spiro atoms. The van der Waals surface area contributed by atoms with E-state index in [-0.39, 0.29) is 35.8 Å². The molecule has 2 amide bonds. The molecule has 0 aliphatic carbocycles. The fraction of sp³-hybridized carbons (Fsp3) is 0.529. The molecule has 0 aromatic heterocycles. The van der Waals surface area contributed by atoms with Crippen LogP contribution in [-0.4, -0.2) is 42.4 Å². The fourth-order valence-electron chi connectivity index (χ4n) is 2.93. The third-order valence-electron chi connectivity index (χ3n) is 3.99. The molecule has 1 aromatic carbocycles. The van der Waals surface area contributed by atoms with Gasteiger partial charge in [0.2, 0.25) is 5.91 Å². The molecule has 0 radical (unpaired) electrons. The van der Waals surface area contributed by atoms with Gasteiger partial charge in [0.15, 0.2) is 0 Å². The lowest BCUT2D eigenvalue weighted by Gasteiger charge is -2.34. The smallest absolute Gasteiger partial charge is 0.257 e. The molecule has 134 valence electrons. The van der Waals surface area contributed by atoms with Crippen molar-refractivity contribution in [3.63, 3.8) is 0 Å². The summed E-state index contributed by atoms with van der Waals surface area (Å²) < 4.78 is 14.2. The largest absolute Gasteiger partial charge is 0.335 e. The lowest BCUT2D eigenvalue weighted by Crippen LogP contribution is -2.46. The highest BCUT2D eigenvalue weighted by Crippen LogP contribution is 2.21. The van der Waals surface area contributed by atoms with E-state index in [0.717, 1.165) is 32.4 Å². The summed E-state index contributed by atoms with van der Waals surface area (Å²) in [5.41, 5.74) is 0.451. The van der Waals surface area contributed by atoms with Crippen LogP contribution in [0, 0.1) is 5.82 Å². The zero-order chi connectivity index (χ0) is 16.8. The molecule has 24 heavy (non-hydrogen) atoms. The quantitative estimate of drug-likeness (QED) is 0.851. The van der Waals surface area contributed by atoms with E-state index < -0.39 is 5.82 Å². The number of carbonyl (C=O) groups excluding carboxylic acids is 2. The predicted molar refractivity (Wildman–Crippen MR) is 95.2 cm³/mol. The summed E-state index contributed by atoms with van der Waals surface area (Å²) in [7, 11) is 0. The molecule has 0 saturated carbocycles. The highest BCUT2D eigenvalue weighted by molar-refractivity contribution is 5.97. The van der Waals surface area contributed by atoms with Gasteiger partial charge < -0.3 is 15.5 Å². The van der Waals surface area contributed by atoms with E-state index >= 15 is 0 Å². The van der Waals surface area contributed by atoms with Crippen molar-refractivity contribution >= 4 is 29.9 Å². The van der Waals surface area contributed by atoms with E-state index in [1.54, 1.807) is 4.90 Å². The SMILES string of the molecule is CCCN(C(=O)c1cc(NC(C)=O)ccc1F)C1CCNCC1.Cl. The molecule has 1 fully saturated rings. The molecule has 7 heteroatoms. The Bertz CT molecular complexity index is 577. The fourth-order valence-corrected chi connectivity index (χ4v) is 2.93. The van der Waals surface area contributed by atoms with Crippen LogP contribution in [0.3, 0.4) is 0 Å². The number of hydrogen-bond acceptors (Lipinski definition) is 3. The van der Waals surface area contributed by atoms with Gasteiger partial charge in [-0.3, -0.25) is 9.59 Å². The molecule has 1 aliphatic heterocycles. The average molecular weight is 358 g/mol. The summed E-state index contributed by atoms with van der Waals surface area (Å²) in [6.45, 7) is 5.72. The zero-order valence-corrected chi connectivity index (χ0v) is 14.9. The molecule has 0 atom stereocenters. The summed E-state index contributed by atoms with van der Waals surface area (Å²) >= 11 is 0. The van der Waals surface area contributed by atoms with Gasteiger partial charge in [0.05, 0.1) is 5.56 Å². The van der Waals surface area contributed by atoms with Crippen LogP contribution in [0.2, 0.25) is 0 Å². The number of halogens is 2. The van der Waals surface area contributed by atoms with Crippen LogP contribution >= 0.6 is 12.4 Å². The van der Waals surface area contributed by atoms with Crippen LogP contribution in [0.25, 0.3) is 0 Å². The summed E-state index contributed by atoms with van der Waals surface area (Å²) in [5.74, 6) is -1.11. The minimum atomic E-state index is -0.556. The van der Waals surface area contributed by atoms with Crippen LogP contribution in [0.5, 0.6) is 0 Å². The summed E-state index contributed by atoms with van der Waals surface area (Å²) in [6, 6.07) is 4.24. The van der Waals surface area contributed by atoms with Crippen LogP contribution in [0.1, 0.15) is 43.5 Å². The second-order valence-electron chi connectivity index (χ2n) is 5.86. The third-order valence-corrected chi connectivity index (χ3v) is 3.99. The van der Waals surface area contributed by atoms with Crippen LogP contribution in [0.15, 0.2) is 18.2 Å². The minimum absolute atomic E-state index is 0. The molecule has 5 nitrogen and oxygen atoms in total. The minimum Gasteiger partial charge on any atom is -0.335 e. The number of amides is 2. The maximum Gasteiger partial charge on any atom is 0.257 e. The maximum atomic E-state index is 14.2. The summed E-state index contributed by atoms with van der Waals surface area (Å²) in [5, 5.41) is 5.86. The van der Waals surface area contributed by atoms with Gasteiger partial charge >= 0.3 is 0 Å². The summed E-state index contributed by atoms with van der Waals surface area (Å²) in [4.78, 5) is 25.8. The number of rotatable bonds is 5. The first-order valence-corrected chi connectivity index (χ1v) is 8.11. The lowest BCUT2D eigenvalue weighted by molar-refractivity contribution is -0.114. The van der Waals surface area contributed by atoms with Crippen molar-refractivity contribution < 1.29 is 14.0 Å². The van der Waals surface area contributed by atoms with E-state index in [1.165, 1.54) is 25.1 Å². The van der Waals surface area contributed by atoms with Crippen molar-refractivity contribution in [3.05, 3.63) is 29.6 Å². The van der Waals surface area contributed by atoms with Crippen molar-refractivity contribution in [2.45, 2.75) is 39.2 Å². The molecule has 0 unspecified atom stereocenters. The van der Waals surface area contributed by atoms with E-state index in [0.29, 0.717) is 12.2 Å². The van der Waals surface area contributed by atoms with E-state index in [4.69, 9.17) is 0 Å². The first-order chi connectivity index (χ1) is 11.0. The molecular weight excluding hydrogens is 333 g/mol. The lowest BCUT2D eigenvalue weighted by atomic mass is 10.0. The first kappa shape index (κ1) is 20.4. The predicted octanol–water partition coefficient (Wildman–Crippen LogP) is 2.81. The van der Waals surface area contributed by atoms with Crippen LogP contribution in [0.4, 0.5) is 10.1 Å². The van der Waals surface area contributed by atoms with Gasteiger partial charge in [-0.2, -0.15) is 0 Å². The number of nitrogens with zero attached hydrogens (tertiary/aromatic N) is 1. The second-order valence-corrected chi connectivity index (χ2v) is 5.86. The Hall–Kier alpha value is -1.66. The Morgan fingerprint density at radius 1 is 1.33 bits per heavy atom. The van der Waals surface area contributed by atoms with Crippen molar-refractivity contribution in [1.82, 2.24) is 10.2 Å². The van der Waals surface area contributed by atoms with Crippen molar-refractivity contribution in [2.24, 2.45) is 0 Å². The van der Waals surface area contributed by atoms with E-state index in [9.17, 15) is 14.0 Å². The summed E-state index contributed by atoms with van der Waals surface area (Å²) in [6.07, 6.45) is 2.57. The average Bonchev–Trinajstić information content (AvgIpc) is 2.54. The topological polar surface area (TPSA) is 61.4 Å². The molecule has 0 bridgehead atoms. The highest BCUT2D eigenvalue weighted by Gasteiger charge is 2.27. The van der Waals surface area contributed by atoms with Gasteiger partial charge in [-0.15, -0.1) is 12.4 Å². The van der Waals surface area contributed by atoms with Gasteiger partial charge in [0.25, 0.3) is 5.91 Å². The maximum absolute atomic E-state index is 14.2. The Labute approximate surface area is 148 Å². The zero-order valence-electron chi connectivity index (χ0n) is 14.1. The molecule has 2 N–H and O–H groups in total. The molecule has 1 saturated heterocycles. The van der Waals surface area contributed by atoms with Gasteiger partial charge in [0.1, 0.15) is 5.82 Å². The molecule has 1 aliphatic rings. The van der Waals surface area contributed by atoms with E-state index in [1.807, 2.05) is 6.92 Å². The Morgan fingerprint density at radius 3 is 2.58 bits per heavy atom. The Kier molecular flexibility index (Phi) is 8.15. The van der Waals surface area contributed by atoms with Crippen LogP contribution in [-0.2, 0) is 4.79 Å². The Morgan fingerprint density at radius 2 is 2.00 bits per heavy atom. The van der Waals surface area contributed by atoms with Crippen molar-refractivity contribution in [3.8, 4) is 0 Å². The van der Waals surface area contributed by atoms with Gasteiger partial charge in [-0.25, -0.2) is 4.39 Å². The van der Waals surface area contributed by atoms with Crippen molar-refractivity contribution in [1.29, 1.82) is 0 Å². The van der Waals surface area contributed by atoms with Gasteiger partial charge in [-0.1, -0.05) is 6.92 Å². The number of carbonyl (C=O) groups is 2. The molecular formula is C17H25ClFN3O2. The van der Waals surface area contributed by atoms with Gasteiger partial charge in [-0.05, 0) is 50.6 Å². The monoisotopic (exact) mass is 357 g/mol. The Balaban J connectivity index is 0.00000288. The highest BCUT2D eigenvalue weighted by atomic mass is 35.5. The number of benzene rings is 1. The van der Waals surface area contributed by atoms with Crippen LogP contribution < -0.4 is 10.6 Å². The van der Waals surface area contributed by atoms with E-state index in [2.05, 4.69) is 10.6 Å². The van der Waals surface area contributed by atoms with Gasteiger partial charge in [0, 0.05) is 25.2 Å². The van der Waals surface area contributed by atoms with Crippen molar-refractivity contribution in [2.75, 3.05) is 25.0 Å². The number of piperidine rings is 1. The third kappa shape index (κ3) is 5.18. The number of nitrogens with one attached hydrogen (secondary N) is 2. The normalized spacial score (nSPS) is 14.6.